The van der Waals surface area contributed by atoms with Gasteiger partial charge in [-0.05, 0) is 18.5 Å². The molecule has 0 saturated carbocycles. The molecule has 86 valence electrons. The van der Waals surface area contributed by atoms with Crippen LogP contribution in [0.1, 0.15) is 24.8 Å². The zero-order valence-electron chi connectivity index (χ0n) is 9.57. The van der Waals surface area contributed by atoms with Crippen molar-refractivity contribution in [1.82, 2.24) is 5.32 Å². The average molecular weight is 218 g/mol. The number of carbonyl (C=O) groups is 1. The van der Waals surface area contributed by atoms with E-state index in [0.717, 1.165) is 19.5 Å². The highest BCUT2D eigenvalue weighted by molar-refractivity contribution is 5.82. The molecule has 1 saturated heterocycles. The highest BCUT2D eigenvalue weighted by atomic mass is 16.1. The first-order valence-corrected chi connectivity index (χ1v) is 5.70. The predicted octanol–water partition coefficient (Wildman–Crippen LogP) is 1.26. The fraction of sp³-hybridized carbons (Fsp3) is 0.462. The van der Waals surface area contributed by atoms with Gasteiger partial charge in [0, 0.05) is 12.5 Å². The molecular formula is C13H18N2O. The Kier molecular flexibility index (Phi) is 2.97. The summed E-state index contributed by atoms with van der Waals surface area (Å²) in [7, 11) is 0. The van der Waals surface area contributed by atoms with Gasteiger partial charge in [-0.15, -0.1) is 0 Å². The molecular weight excluding hydrogens is 200 g/mol. The first kappa shape index (κ1) is 11.1. The van der Waals surface area contributed by atoms with Gasteiger partial charge in [0.1, 0.15) is 0 Å². The summed E-state index contributed by atoms with van der Waals surface area (Å²) >= 11 is 0. The van der Waals surface area contributed by atoms with Gasteiger partial charge >= 0.3 is 0 Å². The molecule has 0 spiro atoms. The number of hydrogen-bond acceptors (Lipinski definition) is 2. The van der Waals surface area contributed by atoms with E-state index in [1.165, 1.54) is 5.56 Å². The van der Waals surface area contributed by atoms with Crippen molar-refractivity contribution in [3.05, 3.63) is 35.9 Å². The number of rotatable bonds is 2. The second kappa shape index (κ2) is 4.26. The first-order chi connectivity index (χ1) is 7.64. The summed E-state index contributed by atoms with van der Waals surface area (Å²) in [6.45, 7) is 3.67. The number of carbonyl (C=O) groups excluding carboxylic acids is 1. The molecule has 2 atom stereocenters. The Hall–Kier alpha value is -1.35. The Morgan fingerprint density at radius 3 is 2.75 bits per heavy atom. The highest BCUT2D eigenvalue weighted by Gasteiger charge is 2.42. The van der Waals surface area contributed by atoms with Gasteiger partial charge in [-0.25, -0.2) is 0 Å². The van der Waals surface area contributed by atoms with Crippen LogP contribution in [0, 0.1) is 5.41 Å². The second-order valence-electron chi connectivity index (χ2n) is 4.70. The van der Waals surface area contributed by atoms with Gasteiger partial charge in [0.05, 0.1) is 5.41 Å². The van der Waals surface area contributed by atoms with E-state index in [1.807, 2.05) is 25.1 Å². The molecule has 0 radical (unpaired) electrons. The molecule has 0 aromatic heterocycles. The van der Waals surface area contributed by atoms with E-state index in [4.69, 9.17) is 5.73 Å². The fourth-order valence-electron chi connectivity index (χ4n) is 2.46. The van der Waals surface area contributed by atoms with Crippen molar-refractivity contribution in [2.45, 2.75) is 19.3 Å². The molecule has 3 N–H and O–H groups in total. The third-order valence-electron chi connectivity index (χ3n) is 3.70. The Morgan fingerprint density at radius 1 is 1.44 bits per heavy atom. The first-order valence-electron chi connectivity index (χ1n) is 5.70. The normalized spacial score (nSPS) is 29.9. The van der Waals surface area contributed by atoms with Gasteiger partial charge in [0.2, 0.25) is 5.91 Å². The molecule has 2 unspecified atom stereocenters. The maximum absolute atomic E-state index is 11.7. The van der Waals surface area contributed by atoms with Crippen molar-refractivity contribution >= 4 is 5.91 Å². The van der Waals surface area contributed by atoms with Crippen molar-refractivity contribution in [2.75, 3.05) is 13.1 Å². The van der Waals surface area contributed by atoms with E-state index in [-0.39, 0.29) is 11.8 Å². The lowest BCUT2D eigenvalue weighted by Crippen LogP contribution is -2.49. The summed E-state index contributed by atoms with van der Waals surface area (Å²) in [6.07, 6.45) is 0.807. The SMILES string of the molecule is CC1(C(N)=O)CCNCC1c1ccccc1. The minimum atomic E-state index is -0.424. The maximum atomic E-state index is 11.7. The number of amides is 1. The van der Waals surface area contributed by atoms with Crippen LogP contribution < -0.4 is 11.1 Å². The van der Waals surface area contributed by atoms with Gasteiger partial charge in [0.25, 0.3) is 0 Å². The van der Waals surface area contributed by atoms with Crippen LogP contribution in [0.2, 0.25) is 0 Å². The minimum Gasteiger partial charge on any atom is -0.369 e. The second-order valence-corrected chi connectivity index (χ2v) is 4.70. The summed E-state index contributed by atoms with van der Waals surface area (Å²) in [5.41, 5.74) is 6.33. The van der Waals surface area contributed by atoms with Crippen LogP contribution in [0.25, 0.3) is 0 Å². The zero-order chi connectivity index (χ0) is 11.6. The van der Waals surface area contributed by atoms with Crippen LogP contribution in [0.3, 0.4) is 0 Å². The van der Waals surface area contributed by atoms with E-state index < -0.39 is 5.41 Å². The summed E-state index contributed by atoms with van der Waals surface area (Å²) in [6, 6.07) is 10.1. The predicted molar refractivity (Wildman–Crippen MR) is 64.0 cm³/mol. The summed E-state index contributed by atoms with van der Waals surface area (Å²) in [5, 5.41) is 3.34. The van der Waals surface area contributed by atoms with Crippen LogP contribution in [0.5, 0.6) is 0 Å². The van der Waals surface area contributed by atoms with Crippen LogP contribution >= 0.6 is 0 Å². The minimum absolute atomic E-state index is 0.181. The molecule has 3 heteroatoms. The lowest BCUT2D eigenvalue weighted by Gasteiger charge is -2.39. The van der Waals surface area contributed by atoms with Gasteiger partial charge < -0.3 is 11.1 Å². The Balaban J connectivity index is 2.34. The van der Waals surface area contributed by atoms with Crippen LogP contribution in [-0.2, 0) is 4.79 Å². The third kappa shape index (κ3) is 1.83. The largest absolute Gasteiger partial charge is 0.369 e. The molecule has 0 bridgehead atoms. The third-order valence-corrected chi connectivity index (χ3v) is 3.70. The molecule has 2 rings (SSSR count). The number of hydrogen-bond donors (Lipinski definition) is 2. The molecule has 1 fully saturated rings. The average Bonchev–Trinajstić information content (AvgIpc) is 2.30. The summed E-state index contributed by atoms with van der Waals surface area (Å²) < 4.78 is 0. The topological polar surface area (TPSA) is 55.1 Å². The lowest BCUT2D eigenvalue weighted by molar-refractivity contribution is -0.129. The standard InChI is InChI=1S/C13H18N2O/c1-13(12(14)16)7-8-15-9-11(13)10-5-3-2-4-6-10/h2-6,11,15H,7-9H2,1H3,(H2,14,16). The van der Waals surface area contributed by atoms with Gasteiger partial charge in [0.15, 0.2) is 0 Å². The number of nitrogens with one attached hydrogen (secondary N) is 1. The van der Waals surface area contributed by atoms with E-state index in [9.17, 15) is 4.79 Å². The Bertz CT molecular complexity index is 377. The fourth-order valence-corrected chi connectivity index (χ4v) is 2.46. The van der Waals surface area contributed by atoms with Crippen molar-refractivity contribution in [3.63, 3.8) is 0 Å². The van der Waals surface area contributed by atoms with Crippen LogP contribution in [0.4, 0.5) is 0 Å². The highest BCUT2D eigenvalue weighted by Crippen LogP contribution is 2.40. The smallest absolute Gasteiger partial charge is 0.224 e. The van der Waals surface area contributed by atoms with Gasteiger partial charge in [-0.3, -0.25) is 4.79 Å². The molecule has 1 aromatic rings. The Labute approximate surface area is 96.0 Å². The number of nitrogens with two attached hydrogens (primary N) is 1. The van der Waals surface area contributed by atoms with Crippen molar-refractivity contribution in [3.8, 4) is 0 Å². The quantitative estimate of drug-likeness (QED) is 0.785. The zero-order valence-corrected chi connectivity index (χ0v) is 9.57. The molecule has 1 amide bonds. The van der Waals surface area contributed by atoms with Gasteiger partial charge in [-0.2, -0.15) is 0 Å². The number of primary amides is 1. The molecule has 1 heterocycles. The van der Waals surface area contributed by atoms with Crippen molar-refractivity contribution < 1.29 is 4.79 Å². The van der Waals surface area contributed by atoms with E-state index in [0.29, 0.717) is 0 Å². The summed E-state index contributed by atoms with van der Waals surface area (Å²) in [4.78, 5) is 11.7. The molecule has 1 aliphatic heterocycles. The monoisotopic (exact) mass is 218 g/mol. The molecule has 1 aromatic carbocycles. The van der Waals surface area contributed by atoms with Crippen LogP contribution in [0.15, 0.2) is 30.3 Å². The number of benzene rings is 1. The van der Waals surface area contributed by atoms with E-state index >= 15 is 0 Å². The van der Waals surface area contributed by atoms with E-state index in [2.05, 4.69) is 17.4 Å². The molecule has 3 nitrogen and oxygen atoms in total. The lowest BCUT2D eigenvalue weighted by atomic mass is 9.69. The van der Waals surface area contributed by atoms with Gasteiger partial charge in [-0.1, -0.05) is 37.3 Å². The van der Waals surface area contributed by atoms with Crippen molar-refractivity contribution in [2.24, 2.45) is 11.1 Å². The maximum Gasteiger partial charge on any atom is 0.224 e. The molecule has 16 heavy (non-hydrogen) atoms. The number of piperidine rings is 1. The molecule has 1 aliphatic rings. The molecule has 0 aliphatic carbocycles. The Morgan fingerprint density at radius 2 is 2.12 bits per heavy atom. The van der Waals surface area contributed by atoms with Crippen LogP contribution in [-0.4, -0.2) is 19.0 Å². The summed E-state index contributed by atoms with van der Waals surface area (Å²) in [5.74, 6) is -0.0113. The van der Waals surface area contributed by atoms with Crippen molar-refractivity contribution in [1.29, 1.82) is 0 Å². The van der Waals surface area contributed by atoms with E-state index in [1.54, 1.807) is 0 Å².